The van der Waals surface area contributed by atoms with Gasteiger partial charge in [0.25, 0.3) is 0 Å². The number of amides is 1. The molecule has 2 aromatic rings. The zero-order chi connectivity index (χ0) is 25.5. The summed E-state index contributed by atoms with van der Waals surface area (Å²) in [6.07, 6.45) is 13.4. The Kier molecular flexibility index (Phi) is 15.2. The molecule has 202 valence electrons. The average molecular weight is 505 g/mol. The van der Waals surface area contributed by atoms with Crippen LogP contribution in [0.4, 0.5) is 9.09 Å². The minimum absolute atomic E-state index is 0. The Hall–Kier alpha value is -2.31. The van der Waals surface area contributed by atoms with Crippen molar-refractivity contribution in [3.05, 3.63) is 59.4 Å². The number of hydrogen-bond acceptors (Lipinski definition) is 3. The summed E-state index contributed by atoms with van der Waals surface area (Å²) in [6, 6.07) is 13.1. The first-order valence-corrected chi connectivity index (χ1v) is 13.2. The van der Waals surface area contributed by atoms with Crippen LogP contribution in [0.1, 0.15) is 81.8 Å². The fourth-order valence-electron chi connectivity index (χ4n) is 4.85. The molecule has 0 aromatic heterocycles. The van der Waals surface area contributed by atoms with Crippen molar-refractivity contribution in [2.45, 2.75) is 83.1 Å². The van der Waals surface area contributed by atoms with Gasteiger partial charge in [-0.05, 0) is 62.6 Å². The predicted molar refractivity (Wildman–Crippen MR) is 146 cm³/mol. The molecule has 1 amide bonds. The Labute approximate surface area is 216 Å². The number of halogens is 2. The van der Waals surface area contributed by atoms with E-state index < -0.39 is 5.54 Å². The average Bonchev–Trinajstić information content (AvgIpc) is 3.45. The summed E-state index contributed by atoms with van der Waals surface area (Å²) in [4.78, 5) is 12.5. The van der Waals surface area contributed by atoms with Crippen molar-refractivity contribution < 1.29 is 18.6 Å². The van der Waals surface area contributed by atoms with E-state index in [0.717, 1.165) is 61.6 Å². The lowest BCUT2D eigenvalue weighted by Gasteiger charge is -2.33. The van der Waals surface area contributed by atoms with Crippen molar-refractivity contribution in [2.24, 2.45) is 5.73 Å². The summed E-state index contributed by atoms with van der Waals surface area (Å²) in [7, 11) is 3.47. The number of ether oxygens (including phenoxy) is 1. The molecule has 1 aliphatic rings. The van der Waals surface area contributed by atoms with E-state index in [2.05, 4.69) is 0 Å². The first-order valence-electron chi connectivity index (χ1n) is 13.2. The third kappa shape index (κ3) is 10.4. The van der Waals surface area contributed by atoms with Gasteiger partial charge in [0.05, 0.1) is 0 Å². The van der Waals surface area contributed by atoms with E-state index >= 15 is 4.39 Å². The highest BCUT2D eigenvalue weighted by Crippen LogP contribution is 2.38. The Balaban J connectivity index is 0.000000959. The van der Waals surface area contributed by atoms with E-state index in [-0.39, 0.29) is 10.5 Å². The number of carbonyl (C=O) groups excluding carboxylic acids is 1. The van der Waals surface area contributed by atoms with E-state index in [9.17, 15) is 4.79 Å². The molecule has 36 heavy (non-hydrogen) atoms. The van der Waals surface area contributed by atoms with Crippen molar-refractivity contribution >= 4 is 6.41 Å². The number of nitrogens with two attached hydrogens (primary N) is 1. The third-order valence-electron chi connectivity index (χ3n) is 6.89. The molecule has 1 unspecified atom stereocenters. The van der Waals surface area contributed by atoms with Crippen LogP contribution in [0.25, 0.3) is 11.1 Å². The zero-order valence-electron chi connectivity index (χ0n) is 22.4. The topological polar surface area (TPSA) is 55.6 Å². The van der Waals surface area contributed by atoms with E-state index in [1.807, 2.05) is 37.3 Å². The van der Waals surface area contributed by atoms with Gasteiger partial charge in [0.2, 0.25) is 6.41 Å². The molecule has 0 aliphatic heterocycles. The van der Waals surface area contributed by atoms with Gasteiger partial charge in [-0.25, -0.2) is 4.39 Å². The van der Waals surface area contributed by atoms with Crippen molar-refractivity contribution in [2.75, 3.05) is 27.3 Å². The Bertz CT molecular complexity index is 881. The summed E-state index contributed by atoms with van der Waals surface area (Å²) >= 11 is 0. The molecule has 3 rings (SSSR count). The van der Waals surface area contributed by atoms with Crippen LogP contribution < -0.4 is 5.73 Å². The minimum Gasteiger partial charge on any atom is -0.385 e. The van der Waals surface area contributed by atoms with Gasteiger partial charge >= 0.3 is 0 Å². The van der Waals surface area contributed by atoms with Crippen LogP contribution in [0, 0.1) is 12.7 Å². The van der Waals surface area contributed by atoms with Crippen molar-refractivity contribution in [3.8, 4) is 11.1 Å². The zero-order valence-corrected chi connectivity index (χ0v) is 22.4. The van der Waals surface area contributed by atoms with Gasteiger partial charge < -0.3 is 15.4 Å². The highest BCUT2D eigenvalue weighted by Gasteiger charge is 2.30. The van der Waals surface area contributed by atoms with E-state index in [4.69, 9.17) is 10.5 Å². The largest absolute Gasteiger partial charge is 0.385 e. The molecule has 0 bridgehead atoms. The molecule has 0 saturated heterocycles. The second-order valence-electron chi connectivity index (χ2n) is 9.95. The lowest BCUT2D eigenvalue weighted by molar-refractivity contribution is -0.117. The molecule has 1 saturated carbocycles. The van der Waals surface area contributed by atoms with Crippen LogP contribution in [0.3, 0.4) is 0 Å². The molecule has 1 fully saturated rings. The maximum absolute atomic E-state index is 15.1. The smallest absolute Gasteiger partial charge is 0.209 e. The summed E-state index contributed by atoms with van der Waals surface area (Å²) in [5, 5.41) is 0. The molecule has 0 spiro atoms. The number of hydrogen-bond donors (Lipinski definition) is 1. The molecule has 1 aliphatic carbocycles. The van der Waals surface area contributed by atoms with Crippen molar-refractivity contribution in [1.29, 1.82) is 0 Å². The molecule has 2 N–H and O–H groups in total. The van der Waals surface area contributed by atoms with Gasteiger partial charge in [0.1, 0.15) is 5.82 Å². The van der Waals surface area contributed by atoms with Gasteiger partial charge in [0, 0.05) is 38.4 Å². The second kappa shape index (κ2) is 17.2. The number of unbranched alkanes of at least 4 members (excludes halogenated alkanes) is 2. The van der Waals surface area contributed by atoms with Gasteiger partial charge in [-0.15, -0.1) is 0 Å². The first kappa shape index (κ1) is 31.7. The number of methoxy groups -OCH3 is 1. The lowest BCUT2D eigenvalue weighted by Crippen LogP contribution is -2.38. The van der Waals surface area contributed by atoms with Crippen molar-refractivity contribution in [3.63, 3.8) is 0 Å². The highest BCUT2D eigenvalue weighted by molar-refractivity contribution is 5.70. The number of benzene rings is 2. The molecule has 0 radical (unpaired) electrons. The Morgan fingerprint density at radius 2 is 1.61 bits per heavy atom. The van der Waals surface area contributed by atoms with Crippen LogP contribution >= 0.6 is 0 Å². The molecular formula is C30H46F2N2O2. The molecule has 2 aromatic carbocycles. The van der Waals surface area contributed by atoms with Crippen LogP contribution in [0.5, 0.6) is 0 Å². The van der Waals surface area contributed by atoms with Gasteiger partial charge in [-0.3, -0.25) is 9.50 Å². The van der Waals surface area contributed by atoms with Gasteiger partial charge in [-0.2, -0.15) is 0 Å². The van der Waals surface area contributed by atoms with E-state index in [1.165, 1.54) is 38.2 Å². The molecule has 4 nitrogen and oxygen atoms in total. The Morgan fingerprint density at radius 1 is 1.00 bits per heavy atom. The number of aryl methyl sites for hydroxylation is 1. The van der Waals surface area contributed by atoms with Crippen LogP contribution in [0.2, 0.25) is 0 Å². The molecule has 0 heterocycles. The predicted octanol–water partition coefficient (Wildman–Crippen LogP) is 7.13. The summed E-state index contributed by atoms with van der Waals surface area (Å²) in [5.74, 6) is -0.245. The molecule has 1 atom stereocenters. The normalized spacial score (nSPS) is 14.2. The molecular weight excluding hydrogens is 458 g/mol. The van der Waals surface area contributed by atoms with E-state index in [1.54, 1.807) is 25.1 Å². The van der Waals surface area contributed by atoms with Crippen LogP contribution in [-0.2, 0) is 15.1 Å². The first-order chi connectivity index (χ1) is 16.9. The maximum atomic E-state index is 15.1. The highest BCUT2D eigenvalue weighted by atomic mass is 19.1. The quantitative estimate of drug-likeness (QED) is 0.233. The second-order valence-corrected chi connectivity index (χ2v) is 9.95. The number of carbonyl (C=O) groups is 1. The summed E-state index contributed by atoms with van der Waals surface area (Å²) < 4.78 is 20.2. The fraction of sp³-hybridized carbons (Fsp3) is 0.567. The number of rotatable bonds is 13. The van der Waals surface area contributed by atoms with Crippen LogP contribution in [-0.4, -0.2) is 38.6 Å². The van der Waals surface area contributed by atoms with E-state index in [0.29, 0.717) is 18.7 Å². The SMILES string of the molecule is C1CCCC1.COCCCCC(N)(CCCCN(C)C=O)c1cccc(F)c1-c1cccc(C)c1.F. The Morgan fingerprint density at radius 3 is 2.19 bits per heavy atom. The van der Waals surface area contributed by atoms with Crippen LogP contribution in [0.15, 0.2) is 42.5 Å². The van der Waals surface area contributed by atoms with Crippen molar-refractivity contribution in [1.82, 2.24) is 4.90 Å². The summed E-state index contributed by atoms with van der Waals surface area (Å²) in [6.45, 7) is 3.39. The molecule has 6 heteroatoms. The summed E-state index contributed by atoms with van der Waals surface area (Å²) in [5.41, 5.74) is 9.76. The third-order valence-corrected chi connectivity index (χ3v) is 6.89. The standard InChI is InChI=1S/C25H35FN2O2.C5H10.FH/c1-20-10-8-11-21(18-20)24-22(12-9-13-23(24)26)25(27,15-5-7-17-30-3)14-4-6-16-28(2)19-29;1-2-4-5-3-1;/h8-13,18-19H,4-7,14-17,27H2,1-3H3;1-5H2;1H. The fourth-order valence-corrected chi connectivity index (χ4v) is 4.85. The van der Waals surface area contributed by atoms with Gasteiger partial charge in [-0.1, -0.05) is 74.1 Å². The number of nitrogens with zero attached hydrogens (tertiary/aromatic N) is 1. The van der Waals surface area contributed by atoms with Gasteiger partial charge in [0.15, 0.2) is 0 Å². The monoisotopic (exact) mass is 504 g/mol. The minimum atomic E-state index is -0.644. The maximum Gasteiger partial charge on any atom is 0.209 e. The lowest BCUT2D eigenvalue weighted by atomic mass is 9.78.